The van der Waals surface area contributed by atoms with Crippen LogP contribution in [0.25, 0.3) is 0 Å². The zero-order valence-electron chi connectivity index (χ0n) is 14.6. The van der Waals surface area contributed by atoms with E-state index in [1.807, 2.05) is 0 Å². The van der Waals surface area contributed by atoms with E-state index in [9.17, 15) is 9.59 Å². The van der Waals surface area contributed by atoms with Gasteiger partial charge >= 0.3 is 5.97 Å². The van der Waals surface area contributed by atoms with Gasteiger partial charge in [0, 0.05) is 11.3 Å². The minimum Gasteiger partial charge on any atom is -0.464 e. The molecule has 0 aromatic heterocycles. The lowest BCUT2D eigenvalue weighted by atomic mass is 9.45. The smallest absolute Gasteiger partial charge is 0.320 e. The Labute approximate surface area is 147 Å². The molecule has 0 amide bonds. The van der Waals surface area contributed by atoms with E-state index in [0.29, 0.717) is 25.2 Å². The zero-order chi connectivity index (χ0) is 17.2. The van der Waals surface area contributed by atoms with Gasteiger partial charge < -0.3 is 14.2 Å². The number of fused-ring (bicyclic) bond motifs is 1. The second-order valence-corrected chi connectivity index (χ2v) is 9.52. The van der Waals surface area contributed by atoms with E-state index >= 15 is 0 Å². The molecule has 3 heterocycles. The highest BCUT2D eigenvalue weighted by Crippen LogP contribution is 2.72. The quantitative estimate of drug-likeness (QED) is 0.383. The lowest BCUT2D eigenvalue weighted by Gasteiger charge is -2.58. The summed E-state index contributed by atoms with van der Waals surface area (Å²) in [7, 11) is 0. The largest absolute Gasteiger partial charge is 0.464 e. The van der Waals surface area contributed by atoms with Crippen molar-refractivity contribution in [2.45, 2.75) is 51.4 Å². The molecule has 6 fully saturated rings. The molecule has 0 unspecified atom stereocenters. The highest BCUT2D eigenvalue weighted by atomic mass is 16.7. The monoisotopic (exact) mass is 344 g/mol. The first-order valence-corrected chi connectivity index (χ1v) is 9.61. The lowest BCUT2D eigenvalue weighted by molar-refractivity contribution is -0.215. The Morgan fingerprint density at radius 3 is 2.84 bits per heavy atom. The second-order valence-electron chi connectivity index (χ2n) is 9.52. The van der Waals surface area contributed by atoms with Gasteiger partial charge in [-0.05, 0) is 54.9 Å². The van der Waals surface area contributed by atoms with Gasteiger partial charge in [0.2, 0.25) is 0 Å². The normalized spacial score (nSPS) is 58.6. The van der Waals surface area contributed by atoms with Crippen LogP contribution in [0.2, 0.25) is 0 Å². The van der Waals surface area contributed by atoms with Crippen molar-refractivity contribution in [1.29, 1.82) is 0 Å². The summed E-state index contributed by atoms with van der Waals surface area (Å²) in [4.78, 5) is 26.1. The fourth-order valence-electron chi connectivity index (χ4n) is 7.68. The molecule has 25 heavy (non-hydrogen) atoms. The van der Waals surface area contributed by atoms with Crippen LogP contribution in [0.1, 0.15) is 39.0 Å². The second kappa shape index (κ2) is 4.20. The molecule has 6 aliphatic rings. The molecule has 0 aromatic rings. The summed E-state index contributed by atoms with van der Waals surface area (Å²) < 4.78 is 18.1. The molecule has 0 radical (unpaired) electrons. The first kappa shape index (κ1) is 14.9. The third-order valence-corrected chi connectivity index (χ3v) is 8.68. The number of Topliss-reactive ketones (excluding diaryl/α,β-unsaturated/α-hetero) is 1. The molecule has 6 rings (SSSR count). The molecule has 0 N–H and O–H groups in total. The number of ether oxygens (including phenoxy) is 3. The van der Waals surface area contributed by atoms with E-state index in [-0.39, 0.29) is 52.7 Å². The summed E-state index contributed by atoms with van der Waals surface area (Å²) in [5.74, 6) is 0.0158. The standard InChI is InChI=1S/C20H24O5/c1-10-11-3-4-12-19(7-11,15(10)21)17(22)24-9-20(12)13-5-6-18(2)8-23-16(25-13)14(18)20/h11-14,16H,1,3-9H2,2H3/t11-,12-,13+,14-,16-,18+,19+,20-/m1/s1. The van der Waals surface area contributed by atoms with Crippen molar-refractivity contribution in [2.24, 2.45) is 34.0 Å². The number of hydrogen-bond acceptors (Lipinski definition) is 5. The SMILES string of the molecule is C=C1C(=O)[C@]23C[C@H]1CC[C@H]2[C@]1(COC3=O)[C@@H]2CC[C@@]3(C)CO[C@H](O2)[C@H]31. The highest BCUT2D eigenvalue weighted by molar-refractivity contribution is 6.15. The van der Waals surface area contributed by atoms with Crippen LogP contribution in [-0.4, -0.2) is 37.4 Å². The minimum absolute atomic E-state index is 0.00516. The van der Waals surface area contributed by atoms with Crippen molar-refractivity contribution in [3.8, 4) is 0 Å². The number of esters is 1. The Bertz CT molecular complexity index is 730. The van der Waals surface area contributed by atoms with Crippen LogP contribution in [0.3, 0.4) is 0 Å². The summed E-state index contributed by atoms with van der Waals surface area (Å²) in [6.07, 6.45) is 4.31. The van der Waals surface area contributed by atoms with Crippen molar-refractivity contribution >= 4 is 11.8 Å². The van der Waals surface area contributed by atoms with Crippen molar-refractivity contribution < 1.29 is 23.8 Å². The zero-order valence-corrected chi connectivity index (χ0v) is 14.6. The van der Waals surface area contributed by atoms with Crippen LogP contribution >= 0.6 is 0 Å². The molecule has 2 spiro atoms. The average Bonchev–Trinajstić information content (AvgIpc) is 3.12. The molecule has 3 aliphatic heterocycles. The summed E-state index contributed by atoms with van der Waals surface area (Å²) >= 11 is 0. The van der Waals surface area contributed by atoms with Crippen molar-refractivity contribution in [3.63, 3.8) is 0 Å². The number of ketones is 1. The highest BCUT2D eigenvalue weighted by Gasteiger charge is 2.78. The predicted octanol–water partition coefficient (Wildman–Crippen LogP) is 2.24. The third kappa shape index (κ3) is 1.37. The number of cyclic esters (lactones) is 1. The molecule has 3 saturated heterocycles. The van der Waals surface area contributed by atoms with Gasteiger partial charge in [-0.1, -0.05) is 13.5 Å². The Morgan fingerprint density at radius 1 is 1.16 bits per heavy atom. The Hall–Kier alpha value is -1.20. The molecule has 0 aromatic carbocycles. The molecule has 134 valence electrons. The fraction of sp³-hybridized carbons (Fsp3) is 0.800. The van der Waals surface area contributed by atoms with E-state index in [1.165, 1.54) is 0 Å². The molecule has 3 aliphatic carbocycles. The number of rotatable bonds is 0. The lowest BCUT2D eigenvalue weighted by Crippen LogP contribution is -2.65. The number of carbonyl (C=O) groups excluding carboxylic acids is 2. The Kier molecular flexibility index (Phi) is 2.51. The molecule has 4 bridgehead atoms. The number of hydrogen-bond donors (Lipinski definition) is 0. The predicted molar refractivity (Wildman–Crippen MR) is 86.2 cm³/mol. The average molecular weight is 344 g/mol. The molecular weight excluding hydrogens is 320 g/mol. The molecule has 5 heteroatoms. The molecule has 3 saturated carbocycles. The van der Waals surface area contributed by atoms with Gasteiger partial charge in [-0.25, -0.2) is 0 Å². The van der Waals surface area contributed by atoms with Gasteiger partial charge in [-0.3, -0.25) is 9.59 Å². The van der Waals surface area contributed by atoms with Gasteiger partial charge in [-0.2, -0.15) is 0 Å². The van der Waals surface area contributed by atoms with Crippen LogP contribution < -0.4 is 0 Å². The van der Waals surface area contributed by atoms with Crippen LogP contribution in [0.5, 0.6) is 0 Å². The van der Waals surface area contributed by atoms with Gasteiger partial charge in [0.05, 0.1) is 12.7 Å². The van der Waals surface area contributed by atoms with E-state index in [4.69, 9.17) is 14.2 Å². The van der Waals surface area contributed by atoms with Crippen LogP contribution in [0.4, 0.5) is 0 Å². The molecule has 8 atom stereocenters. The van der Waals surface area contributed by atoms with E-state index in [0.717, 1.165) is 25.7 Å². The fourth-order valence-corrected chi connectivity index (χ4v) is 7.68. The first-order chi connectivity index (χ1) is 11.9. The third-order valence-electron chi connectivity index (χ3n) is 8.68. The maximum Gasteiger partial charge on any atom is 0.320 e. The first-order valence-electron chi connectivity index (χ1n) is 9.61. The number of carbonyl (C=O) groups is 2. The van der Waals surface area contributed by atoms with Gasteiger partial charge in [0.1, 0.15) is 12.0 Å². The van der Waals surface area contributed by atoms with Crippen molar-refractivity contribution in [2.75, 3.05) is 13.2 Å². The maximum absolute atomic E-state index is 13.2. The van der Waals surface area contributed by atoms with Gasteiger partial charge in [0.15, 0.2) is 12.1 Å². The van der Waals surface area contributed by atoms with E-state index in [1.54, 1.807) is 0 Å². The van der Waals surface area contributed by atoms with Gasteiger partial charge in [-0.15, -0.1) is 0 Å². The summed E-state index contributed by atoms with van der Waals surface area (Å²) in [5.41, 5.74) is -0.577. The van der Waals surface area contributed by atoms with Gasteiger partial charge in [0.25, 0.3) is 0 Å². The summed E-state index contributed by atoms with van der Waals surface area (Å²) in [5, 5.41) is 0. The summed E-state index contributed by atoms with van der Waals surface area (Å²) in [6, 6.07) is 0. The summed E-state index contributed by atoms with van der Waals surface area (Å²) in [6.45, 7) is 7.40. The minimum atomic E-state index is -1.00. The van der Waals surface area contributed by atoms with E-state index in [2.05, 4.69) is 13.5 Å². The molecular formula is C20H24O5. The van der Waals surface area contributed by atoms with Crippen LogP contribution in [-0.2, 0) is 23.8 Å². The topological polar surface area (TPSA) is 61.8 Å². The Balaban J connectivity index is 1.56. The Morgan fingerprint density at radius 2 is 2.00 bits per heavy atom. The number of allylic oxidation sites excluding steroid dienone is 1. The van der Waals surface area contributed by atoms with Crippen molar-refractivity contribution in [3.05, 3.63) is 12.2 Å². The van der Waals surface area contributed by atoms with Crippen molar-refractivity contribution in [1.82, 2.24) is 0 Å². The van der Waals surface area contributed by atoms with Crippen LogP contribution in [0, 0.1) is 34.0 Å². The van der Waals surface area contributed by atoms with Crippen LogP contribution in [0.15, 0.2) is 12.2 Å². The molecule has 5 nitrogen and oxygen atoms in total. The maximum atomic E-state index is 13.2. The van der Waals surface area contributed by atoms with E-state index < -0.39 is 5.41 Å².